The van der Waals surface area contributed by atoms with Gasteiger partial charge in [-0.15, -0.1) is 0 Å². The van der Waals surface area contributed by atoms with Gasteiger partial charge in [0.05, 0.1) is 12.6 Å². The highest BCUT2D eigenvalue weighted by molar-refractivity contribution is 5.98. The Labute approximate surface area is 153 Å². The molecule has 26 heavy (non-hydrogen) atoms. The SMILES string of the molecule is CCOc1ccc(N2C[C@H](NC(=O)/C=C\c3ccccc3)CC2=O)cc1. The van der Waals surface area contributed by atoms with Crippen LogP contribution in [0, 0.1) is 0 Å². The molecule has 5 heteroatoms. The van der Waals surface area contributed by atoms with E-state index in [9.17, 15) is 9.59 Å². The van der Waals surface area contributed by atoms with Crippen LogP contribution in [0.1, 0.15) is 18.9 Å². The van der Waals surface area contributed by atoms with Crippen LogP contribution < -0.4 is 15.0 Å². The van der Waals surface area contributed by atoms with Crippen molar-refractivity contribution in [3.8, 4) is 5.75 Å². The standard InChI is InChI=1S/C21H22N2O3/c1-2-26-19-11-9-18(10-12-19)23-15-17(14-21(23)25)22-20(24)13-8-16-6-4-3-5-7-16/h3-13,17H,2,14-15H2,1H3,(H,22,24)/b13-8-/t17-/m1/s1. The molecule has 1 atom stereocenters. The average molecular weight is 350 g/mol. The van der Waals surface area contributed by atoms with Crippen molar-refractivity contribution >= 4 is 23.6 Å². The van der Waals surface area contributed by atoms with Crippen LogP contribution >= 0.6 is 0 Å². The van der Waals surface area contributed by atoms with E-state index in [2.05, 4.69) is 5.32 Å². The van der Waals surface area contributed by atoms with E-state index < -0.39 is 0 Å². The fourth-order valence-electron chi connectivity index (χ4n) is 2.93. The molecule has 2 amide bonds. The molecule has 0 radical (unpaired) electrons. The van der Waals surface area contributed by atoms with Gasteiger partial charge in [-0.05, 0) is 42.8 Å². The van der Waals surface area contributed by atoms with E-state index in [1.165, 1.54) is 6.08 Å². The van der Waals surface area contributed by atoms with Crippen LogP contribution in [-0.4, -0.2) is 31.0 Å². The second-order valence-corrected chi connectivity index (χ2v) is 6.08. The highest BCUT2D eigenvalue weighted by Gasteiger charge is 2.31. The molecule has 3 rings (SSSR count). The molecule has 0 saturated carbocycles. The number of anilines is 1. The van der Waals surface area contributed by atoms with Crippen LogP contribution in [0.4, 0.5) is 5.69 Å². The summed E-state index contributed by atoms with van der Waals surface area (Å²) >= 11 is 0. The topological polar surface area (TPSA) is 58.6 Å². The zero-order valence-electron chi connectivity index (χ0n) is 14.7. The first-order chi connectivity index (χ1) is 12.7. The van der Waals surface area contributed by atoms with Crippen molar-refractivity contribution in [2.45, 2.75) is 19.4 Å². The van der Waals surface area contributed by atoms with E-state index in [0.29, 0.717) is 19.6 Å². The van der Waals surface area contributed by atoms with Crippen LogP contribution in [-0.2, 0) is 9.59 Å². The Kier molecular flexibility index (Phi) is 5.69. The highest BCUT2D eigenvalue weighted by Crippen LogP contribution is 2.24. The molecule has 134 valence electrons. The molecule has 5 nitrogen and oxygen atoms in total. The van der Waals surface area contributed by atoms with Crippen molar-refractivity contribution in [3.63, 3.8) is 0 Å². The molecule has 0 aromatic heterocycles. The van der Waals surface area contributed by atoms with Gasteiger partial charge in [0.2, 0.25) is 11.8 Å². The van der Waals surface area contributed by atoms with Gasteiger partial charge in [-0.3, -0.25) is 9.59 Å². The number of nitrogens with one attached hydrogen (secondary N) is 1. The quantitative estimate of drug-likeness (QED) is 0.815. The van der Waals surface area contributed by atoms with Gasteiger partial charge >= 0.3 is 0 Å². The van der Waals surface area contributed by atoms with Gasteiger partial charge in [0.25, 0.3) is 0 Å². The normalized spacial score (nSPS) is 16.9. The molecular weight excluding hydrogens is 328 g/mol. The average Bonchev–Trinajstić information content (AvgIpc) is 3.02. The van der Waals surface area contributed by atoms with Crippen LogP contribution in [0.2, 0.25) is 0 Å². The van der Waals surface area contributed by atoms with Gasteiger partial charge in [0, 0.05) is 24.7 Å². The zero-order chi connectivity index (χ0) is 18.4. The summed E-state index contributed by atoms with van der Waals surface area (Å²) in [5.41, 5.74) is 1.77. The molecule has 2 aromatic rings. The largest absolute Gasteiger partial charge is 0.494 e. The van der Waals surface area contributed by atoms with E-state index in [4.69, 9.17) is 4.74 Å². The Hall–Kier alpha value is -3.08. The number of nitrogens with zero attached hydrogens (tertiary/aromatic N) is 1. The Morgan fingerprint density at radius 2 is 1.92 bits per heavy atom. The fourth-order valence-corrected chi connectivity index (χ4v) is 2.93. The molecule has 1 aliphatic heterocycles. The monoisotopic (exact) mass is 350 g/mol. The van der Waals surface area contributed by atoms with Crippen molar-refractivity contribution in [2.24, 2.45) is 0 Å². The maximum Gasteiger partial charge on any atom is 0.244 e. The van der Waals surface area contributed by atoms with Crippen molar-refractivity contribution < 1.29 is 14.3 Å². The summed E-state index contributed by atoms with van der Waals surface area (Å²) in [6.45, 7) is 3.00. The molecule has 1 fully saturated rings. The number of rotatable bonds is 6. The lowest BCUT2D eigenvalue weighted by Gasteiger charge is -2.17. The van der Waals surface area contributed by atoms with E-state index in [1.807, 2.05) is 61.5 Å². The second-order valence-electron chi connectivity index (χ2n) is 6.08. The Morgan fingerprint density at radius 3 is 2.62 bits per heavy atom. The van der Waals surface area contributed by atoms with Crippen molar-refractivity contribution in [3.05, 3.63) is 66.2 Å². The molecule has 1 N–H and O–H groups in total. The van der Waals surface area contributed by atoms with Crippen LogP contribution in [0.5, 0.6) is 5.75 Å². The Morgan fingerprint density at radius 1 is 1.19 bits per heavy atom. The summed E-state index contributed by atoms with van der Waals surface area (Å²) in [5, 5.41) is 2.90. The lowest BCUT2D eigenvalue weighted by atomic mass is 10.2. The van der Waals surface area contributed by atoms with E-state index in [0.717, 1.165) is 17.0 Å². The van der Waals surface area contributed by atoms with E-state index in [-0.39, 0.29) is 17.9 Å². The van der Waals surface area contributed by atoms with Gasteiger partial charge in [0.15, 0.2) is 0 Å². The van der Waals surface area contributed by atoms with Gasteiger partial charge in [-0.25, -0.2) is 0 Å². The smallest absolute Gasteiger partial charge is 0.244 e. The minimum absolute atomic E-state index is 0.00602. The lowest BCUT2D eigenvalue weighted by molar-refractivity contribution is -0.117. The number of carbonyl (C=O) groups excluding carboxylic acids is 2. The third-order valence-electron chi connectivity index (χ3n) is 4.16. The molecular formula is C21H22N2O3. The minimum atomic E-state index is -0.194. The summed E-state index contributed by atoms with van der Waals surface area (Å²) in [7, 11) is 0. The Balaban J connectivity index is 1.57. The van der Waals surface area contributed by atoms with E-state index in [1.54, 1.807) is 11.0 Å². The minimum Gasteiger partial charge on any atom is -0.494 e. The number of hydrogen-bond acceptors (Lipinski definition) is 3. The fraction of sp³-hybridized carbons (Fsp3) is 0.238. The Bertz CT molecular complexity index is 785. The van der Waals surface area contributed by atoms with Gasteiger partial charge in [0.1, 0.15) is 5.75 Å². The molecule has 0 unspecified atom stereocenters. The first kappa shape index (κ1) is 17.7. The molecule has 1 aliphatic rings. The number of hydrogen-bond donors (Lipinski definition) is 1. The van der Waals surface area contributed by atoms with Crippen molar-refractivity contribution in [1.29, 1.82) is 0 Å². The summed E-state index contributed by atoms with van der Waals surface area (Å²) in [6, 6.07) is 16.8. The van der Waals surface area contributed by atoms with Crippen LogP contribution in [0.3, 0.4) is 0 Å². The number of carbonyl (C=O) groups is 2. The summed E-state index contributed by atoms with van der Waals surface area (Å²) in [5.74, 6) is 0.588. The third-order valence-corrected chi connectivity index (χ3v) is 4.16. The first-order valence-electron chi connectivity index (χ1n) is 8.72. The molecule has 0 aliphatic carbocycles. The second kappa shape index (κ2) is 8.34. The van der Waals surface area contributed by atoms with Gasteiger partial charge in [-0.2, -0.15) is 0 Å². The number of ether oxygens (including phenoxy) is 1. The van der Waals surface area contributed by atoms with Gasteiger partial charge in [-0.1, -0.05) is 30.3 Å². The highest BCUT2D eigenvalue weighted by atomic mass is 16.5. The van der Waals surface area contributed by atoms with Crippen LogP contribution in [0.25, 0.3) is 6.08 Å². The van der Waals surface area contributed by atoms with Gasteiger partial charge < -0.3 is 15.0 Å². The maximum atomic E-state index is 12.3. The van der Waals surface area contributed by atoms with Crippen molar-refractivity contribution in [1.82, 2.24) is 5.32 Å². The van der Waals surface area contributed by atoms with Crippen molar-refractivity contribution in [2.75, 3.05) is 18.1 Å². The summed E-state index contributed by atoms with van der Waals surface area (Å²) < 4.78 is 5.42. The molecule has 0 bridgehead atoms. The number of benzene rings is 2. The molecule has 2 aromatic carbocycles. The van der Waals surface area contributed by atoms with Crippen LogP contribution in [0.15, 0.2) is 60.7 Å². The summed E-state index contributed by atoms with van der Waals surface area (Å²) in [4.78, 5) is 26.1. The third kappa shape index (κ3) is 4.51. The van der Waals surface area contributed by atoms with E-state index >= 15 is 0 Å². The molecule has 1 saturated heterocycles. The predicted octanol–water partition coefficient (Wildman–Crippen LogP) is 3.02. The number of amides is 2. The molecule has 0 spiro atoms. The maximum absolute atomic E-state index is 12.3. The summed E-state index contributed by atoms with van der Waals surface area (Å²) in [6.07, 6.45) is 3.56. The lowest BCUT2D eigenvalue weighted by Crippen LogP contribution is -2.36. The zero-order valence-corrected chi connectivity index (χ0v) is 14.7. The first-order valence-corrected chi connectivity index (χ1v) is 8.72. The molecule has 1 heterocycles. The predicted molar refractivity (Wildman–Crippen MR) is 102 cm³/mol.